The van der Waals surface area contributed by atoms with Gasteiger partial charge < -0.3 is 14.6 Å². The second kappa shape index (κ2) is 5.10. The maximum Gasteiger partial charge on any atom is 0.123 e. The van der Waals surface area contributed by atoms with Crippen molar-refractivity contribution in [3.05, 3.63) is 53.0 Å². The van der Waals surface area contributed by atoms with Crippen LogP contribution in [0.25, 0.3) is 0 Å². The van der Waals surface area contributed by atoms with Crippen molar-refractivity contribution >= 4 is 5.69 Å². The second-order valence-corrected chi connectivity index (χ2v) is 5.15. The molecule has 2 aromatic rings. The van der Waals surface area contributed by atoms with Gasteiger partial charge in [-0.15, -0.1) is 0 Å². The van der Waals surface area contributed by atoms with Gasteiger partial charge in [0.15, 0.2) is 0 Å². The largest absolute Gasteiger partial charge is 0.463 e. The molecule has 2 heterocycles. The van der Waals surface area contributed by atoms with Gasteiger partial charge in [-0.3, -0.25) is 0 Å². The van der Waals surface area contributed by atoms with Crippen LogP contribution in [0.4, 0.5) is 5.69 Å². The van der Waals surface area contributed by atoms with Crippen molar-refractivity contribution in [2.45, 2.75) is 26.4 Å². The molecule has 0 aliphatic carbocycles. The zero-order chi connectivity index (χ0) is 13.2. The van der Waals surface area contributed by atoms with Crippen LogP contribution in [0.5, 0.6) is 0 Å². The average Bonchev–Trinajstić information content (AvgIpc) is 2.96. The Morgan fingerprint density at radius 3 is 3.00 bits per heavy atom. The molecule has 0 saturated carbocycles. The monoisotopic (exact) mass is 256 g/mol. The second-order valence-electron chi connectivity index (χ2n) is 5.15. The molecule has 0 unspecified atom stereocenters. The topological polar surface area (TPSA) is 28.4 Å². The number of hydrogen-bond acceptors (Lipinski definition) is 3. The van der Waals surface area contributed by atoms with Gasteiger partial charge in [0, 0.05) is 12.2 Å². The van der Waals surface area contributed by atoms with Crippen LogP contribution in [0.3, 0.4) is 0 Å². The van der Waals surface area contributed by atoms with Crippen molar-refractivity contribution in [1.29, 1.82) is 0 Å². The van der Waals surface area contributed by atoms with E-state index in [0.717, 1.165) is 37.6 Å². The van der Waals surface area contributed by atoms with Gasteiger partial charge in [0.25, 0.3) is 0 Å². The van der Waals surface area contributed by atoms with Gasteiger partial charge >= 0.3 is 0 Å². The fourth-order valence-electron chi connectivity index (χ4n) is 2.76. The molecule has 3 rings (SSSR count). The molecule has 0 atom stereocenters. The number of nitrogens with one attached hydrogen (secondary N) is 1. The SMILES string of the molecule is CNCc1oc(CN2CCc3ccccc32)cc1C. The molecule has 3 nitrogen and oxygen atoms in total. The lowest BCUT2D eigenvalue weighted by molar-refractivity contribution is 0.450. The van der Waals surface area contributed by atoms with E-state index in [4.69, 9.17) is 4.42 Å². The maximum atomic E-state index is 5.93. The maximum absolute atomic E-state index is 5.93. The fourth-order valence-corrected chi connectivity index (χ4v) is 2.76. The highest BCUT2D eigenvalue weighted by Gasteiger charge is 2.19. The molecule has 1 aromatic carbocycles. The summed E-state index contributed by atoms with van der Waals surface area (Å²) in [4.78, 5) is 2.40. The Labute approximate surface area is 114 Å². The van der Waals surface area contributed by atoms with E-state index in [1.807, 2.05) is 7.05 Å². The average molecular weight is 256 g/mol. The number of para-hydroxylation sites is 1. The minimum Gasteiger partial charge on any atom is -0.463 e. The summed E-state index contributed by atoms with van der Waals surface area (Å²) in [5.74, 6) is 2.10. The third-order valence-electron chi connectivity index (χ3n) is 3.74. The summed E-state index contributed by atoms with van der Waals surface area (Å²) in [5, 5.41) is 3.14. The Bertz CT molecular complexity index is 574. The number of nitrogens with zero attached hydrogens (tertiary/aromatic N) is 1. The third-order valence-corrected chi connectivity index (χ3v) is 3.74. The summed E-state index contributed by atoms with van der Waals surface area (Å²) in [5.41, 5.74) is 4.03. The predicted molar refractivity (Wildman–Crippen MR) is 77.4 cm³/mol. The summed E-state index contributed by atoms with van der Waals surface area (Å²) in [6.07, 6.45) is 1.14. The highest BCUT2D eigenvalue weighted by Crippen LogP contribution is 2.29. The van der Waals surface area contributed by atoms with Crippen LogP contribution < -0.4 is 10.2 Å². The van der Waals surface area contributed by atoms with Gasteiger partial charge in [-0.1, -0.05) is 18.2 Å². The van der Waals surface area contributed by atoms with Gasteiger partial charge in [-0.05, 0) is 43.7 Å². The molecule has 0 amide bonds. The minimum atomic E-state index is 0.794. The zero-order valence-electron chi connectivity index (χ0n) is 11.6. The molecule has 0 bridgehead atoms. The molecule has 0 saturated heterocycles. The number of fused-ring (bicyclic) bond motifs is 1. The normalized spacial score (nSPS) is 13.9. The van der Waals surface area contributed by atoms with Crippen molar-refractivity contribution in [2.75, 3.05) is 18.5 Å². The predicted octanol–water partition coefficient (Wildman–Crippen LogP) is 2.87. The molecular weight excluding hydrogens is 236 g/mol. The van der Waals surface area contributed by atoms with Crippen molar-refractivity contribution in [1.82, 2.24) is 5.32 Å². The van der Waals surface area contributed by atoms with Crippen molar-refractivity contribution in [3.8, 4) is 0 Å². The third kappa shape index (κ3) is 2.38. The standard InChI is InChI=1S/C16H20N2O/c1-12-9-14(19-16(12)10-17-2)11-18-8-7-13-5-3-4-6-15(13)18/h3-6,9,17H,7-8,10-11H2,1-2H3. The van der Waals surface area contributed by atoms with Gasteiger partial charge in [0.2, 0.25) is 0 Å². The lowest BCUT2D eigenvalue weighted by atomic mass is 10.2. The zero-order valence-corrected chi connectivity index (χ0v) is 11.6. The number of anilines is 1. The van der Waals surface area contributed by atoms with Crippen LogP contribution in [0.1, 0.15) is 22.6 Å². The summed E-state index contributed by atoms with van der Waals surface area (Å²) >= 11 is 0. The number of aryl methyl sites for hydroxylation is 1. The van der Waals surface area contributed by atoms with Crippen LogP contribution in [-0.2, 0) is 19.5 Å². The first-order valence-corrected chi connectivity index (χ1v) is 6.83. The molecule has 0 fully saturated rings. The molecular formula is C16H20N2O. The Balaban J connectivity index is 1.78. The molecule has 1 N–H and O–H groups in total. The Morgan fingerprint density at radius 2 is 2.16 bits per heavy atom. The first kappa shape index (κ1) is 12.3. The van der Waals surface area contributed by atoms with Crippen LogP contribution in [0, 0.1) is 6.92 Å². The summed E-state index contributed by atoms with van der Waals surface area (Å²) in [7, 11) is 1.94. The molecule has 1 aliphatic heterocycles. The van der Waals surface area contributed by atoms with Gasteiger partial charge in [-0.25, -0.2) is 0 Å². The quantitative estimate of drug-likeness (QED) is 0.911. The van der Waals surface area contributed by atoms with E-state index in [9.17, 15) is 0 Å². The lowest BCUT2D eigenvalue weighted by Gasteiger charge is -2.17. The first-order chi connectivity index (χ1) is 9.28. The van der Waals surface area contributed by atoms with E-state index in [-0.39, 0.29) is 0 Å². The number of furan rings is 1. The number of rotatable bonds is 4. The first-order valence-electron chi connectivity index (χ1n) is 6.83. The molecule has 1 aromatic heterocycles. The Morgan fingerprint density at radius 1 is 1.32 bits per heavy atom. The molecule has 0 spiro atoms. The van der Waals surface area contributed by atoms with Gasteiger partial charge in [0.1, 0.15) is 11.5 Å². The van der Waals surface area contributed by atoms with Gasteiger partial charge in [-0.2, -0.15) is 0 Å². The smallest absolute Gasteiger partial charge is 0.123 e. The van der Waals surface area contributed by atoms with E-state index < -0.39 is 0 Å². The molecule has 100 valence electrons. The number of benzene rings is 1. The van der Waals surface area contributed by atoms with E-state index in [1.54, 1.807) is 0 Å². The molecule has 3 heteroatoms. The summed E-state index contributed by atoms with van der Waals surface area (Å²) in [6.45, 7) is 4.85. The number of hydrogen-bond donors (Lipinski definition) is 1. The van der Waals surface area contributed by atoms with Gasteiger partial charge in [0.05, 0.1) is 13.1 Å². The van der Waals surface area contributed by atoms with Crippen LogP contribution in [0.15, 0.2) is 34.7 Å². The molecule has 1 aliphatic rings. The highest BCUT2D eigenvalue weighted by molar-refractivity contribution is 5.57. The van der Waals surface area contributed by atoms with Crippen LogP contribution in [-0.4, -0.2) is 13.6 Å². The van der Waals surface area contributed by atoms with E-state index >= 15 is 0 Å². The lowest BCUT2D eigenvalue weighted by Crippen LogP contribution is -2.19. The van der Waals surface area contributed by atoms with Crippen molar-refractivity contribution in [3.63, 3.8) is 0 Å². The van der Waals surface area contributed by atoms with Crippen LogP contribution in [0.2, 0.25) is 0 Å². The minimum absolute atomic E-state index is 0.794. The molecule has 19 heavy (non-hydrogen) atoms. The highest BCUT2D eigenvalue weighted by atomic mass is 16.3. The van der Waals surface area contributed by atoms with E-state index in [2.05, 4.69) is 47.5 Å². The van der Waals surface area contributed by atoms with Crippen molar-refractivity contribution in [2.24, 2.45) is 0 Å². The summed E-state index contributed by atoms with van der Waals surface area (Å²) in [6, 6.07) is 10.8. The Hall–Kier alpha value is -1.74. The van der Waals surface area contributed by atoms with Crippen molar-refractivity contribution < 1.29 is 4.42 Å². The molecule has 0 radical (unpaired) electrons. The van der Waals surface area contributed by atoms with E-state index in [0.29, 0.717) is 0 Å². The fraction of sp³-hybridized carbons (Fsp3) is 0.375. The Kier molecular flexibility index (Phi) is 3.30. The van der Waals surface area contributed by atoms with Crippen LogP contribution >= 0.6 is 0 Å². The summed E-state index contributed by atoms with van der Waals surface area (Å²) < 4.78 is 5.93. The van der Waals surface area contributed by atoms with E-state index in [1.165, 1.54) is 16.8 Å².